The lowest BCUT2D eigenvalue weighted by Crippen LogP contribution is -2.64. The molecule has 1 fully saturated rings. The minimum atomic E-state index is -5.08. The Morgan fingerprint density at radius 3 is 1.07 bits per heavy atom. The molecule has 0 heterocycles. The first-order chi connectivity index (χ1) is 34.4. The second-order valence-electron chi connectivity index (χ2n) is 21.6. The fraction of sp³-hybridized carbons (Fsp3) is 0.948. The molecule has 1 saturated carbocycles. The highest BCUT2D eigenvalue weighted by molar-refractivity contribution is 7.47. The van der Waals surface area contributed by atoms with Gasteiger partial charge in [0.2, 0.25) is 5.91 Å². The zero-order chi connectivity index (χ0) is 52.1. The van der Waals surface area contributed by atoms with Crippen molar-refractivity contribution in [2.24, 2.45) is 0 Å². The van der Waals surface area contributed by atoms with E-state index >= 15 is 0 Å². The third-order valence-corrected chi connectivity index (χ3v) is 15.8. The molecule has 12 nitrogen and oxygen atoms in total. The van der Waals surface area contributed by atoms with Gasteiger partial charge in [-0.25, -0.2) is 4.57 Å². The molecular weight excluding hydrogens is 918 g/mol. The molecule has 8 N–H and O–H groups in total. The van der Waals surface area contributed by atoms with Crippen molar-refractivity contribution in [2.45, 2.75) is 345 Å². The van der Waals surface area contributed by atoms with Crippen LogP contribution >= 0.6 is 7.82 Å². The number of aliphatic hydroxyl groups excluding tert-OH is 6. The molecule has 0 aliphatic heterocycles. The first-order valence-corrected chi connectivity index (χ1v) is 31.6. The first-order valence-electron chi connectivity index (χ1n) is 30.1. The number of aliphatic hydroxyl groups is 6. The standard InChI is InChI=1S/C58H114NO11P/c1-3-5-7-9-11-13-15-17-18-19-20-21-22-23-24-25-26-27-28-29-30-31-32-33-34-35-36-38-40-42-44-46-48-52(61)59-50(51(60)47-45-43-41-39-37-16-14-12-10-8-6-4-2)49-69-71(67,68)70-58-56(65)54(63)53(62)55(64)57(58)66/h45,47,50-51,53-58,60,62-66H,3-44,46,48-49H2,1-2H3,(H,59,61)(H,67,68)/b47-45+/t50-,51+,53?,54+,55?,56?,57?,58?/m0/s1. The molecule has 0 aromatic heterocycles. The van der Waals surface area contributed by atoms with Gasteiger partial charge < -0.3 is 40.8 Å². The van der Waals surface area contributed by atoms with Crippen LogP contribution in [0.3, 0.4) is 0 Å². The number of allylic oxidation sites excluding steroid dienone is 1. The van der Waals surface area contributed by atoms with Crippen LogP contribution in [0.2, 0.25) is 0 Å². The van der Waals surface area contributed by atoms with Crippen LogP contribution in [-0.2, 0) is 18.4 Å². The molecule has 422 valence electrons. The molecule has 9 atom stereocenters. The van der Waals surface area contributed by atoms with Gasteiger partial charge in [0.25, 0.3) is 0 Å². The normalized spacial score (nSPS) is 21.2. The van der Waals surface area contributed by atoms with Crippen molar-refractivity contribution in [1.82, 2.24) is 5.32 Å². The van der Waals surface area contributed by atoms with E-state index in [1.807, 2.05) is 6.08 Å². The Morgan fingerprint density at radius 2 is 0.746 bits per heavy atom. The van der Waals surface area contributed by atoms with Gasteiger partial charge in [0.05, 0.1) is 18.8 Å². The first kappa shape index (κ1) is 68.1. The average molecular weight is 1030 g/mol. The quantitative estimate of drug-likeness (QED) is 0.0163. The summed E-state index contributed by atoms with van der Waals surface area (Å²) in [5.74, 6) is -0.335. The molecule has 1 rings (SSSR count). The van der Waals surface area contributed by atoms with Crippen molar-refractivity contribution in [3.8, 4) is 0 Å². The van der Waals surface area contributed by atoms with Gasteiger partial charge in [-0.05, 0) is 19.3 Å². The van der Waals surface area contributed by atoms with E-state index in [0.29, 0.717) is 6.42 Å². The summed E-state index contributed by atoms with van der Waals surface area (Å²) in [4.78, 5) is 23.5. The summed E-state index contributed by atoms with van der Waals surface area (Å²) in [5.41, 5.74) is 0. The maximum atomic E-state index is 13.0. The Kier molecular flexibility index (Phi) is 45.6. The number of phosphoric acid groups is 1. The number of hydrogen-bond acceptors (Lipinski definition) is 10. The molecular formula is C58H114NO11P. The van der Waals surface area contributed by atoms with Crippen LogP contribution in [0.15, 0.2) is 12.2 Å². The van der Waals surface area contributed by atoms with Crippen LogP contribution in [0.25, 0.3) is 0 Å². The van der Waals surface area contributed by atoms with E-state index in [-0.39, 0.29) is 12.3 Å². The lowest BCUT2D eigenvalue weighted by Gasteiger charge is -2.41. The van der Waals surface area contributed by atoms with Crippen molar-refractivity contribution in [3.63, 3.8) is 0 Å². The lowest BCUT2D eigenvalue weighted by atomic mass is 9.85. The Labute approximate surface area is 435 Å². The van der Waals surface area contributed by atoms with Gasteiger partial charge in [-0.15, -0.1) is 0 Å². The Morgan fingerprint density at radius 1 is 0.465 bits per heavy atom. The molecule has 0 spiro atoms. The van der Waals surface area contributed by atoms with Crippen LogP contribution in [0.5, 0.6) is 0 Å². The zero-order valence-electron chi connectivity index (χ0n) is 45.8. The molecule has 0 bridgehead atoms. The second kappa shape index (κ2) is 47.5. The smallest absolute Gasteiger partial charge is 0.387 e. The minimum absolute atomic E-state index is 0.219. The molecule has 0 aromatic carbocycles. The van der Waals surface area contributed by atoms with Gasteiger partial charge >= 0.3 is 7.82 Å². The van der Waals surface area contributed by atoms with Gasteiger partial charge in [-0.1, -0.05) is 283 Å². The van der Waals surface area contributed by atoms with Crippen LogP contribution in [0.4, 0.5) is 0 Å². The van der Waals surface area contributed by atoms with Gasteiger partial charge in [0, 0.05) is 6.42 Å². The van der Waals surface area contributed by atoms with Gasteiger partial charge in [-0.3, -0.25) is 13.8 Å². The number of nitrogens with one attached hydrogen (secondary N) is 1. The maximum Gasteiger partial charge on any atom is 0.472 e. The van der Waals surface area contributed by atoms with Crippen LogP contribution in [0, 0.1) is 0 Å². The molecule has 1 amide bonds. The number of phosphoric ester groups is 1. The maximum absolute atomic E-state index is 13.0. The van der Waals surface area contributed by atoms with E-state index in [1.54, 1.807) is 0 Å². The highest BCUT2D eigenvalue weighted by Gasteiger charge is 2.51. The highest BCUT2D eigenvalue weighted by atomic mass is 31.2. The summed E-state index contributed by atoms with van der Waals surface area (Å²) < 4.78 is 23.0. The molecule has 1 aliphatic rings. The van der Waals surface area contributed by atoms with Crippen molar-refractivity contribution in [3.05, 3.63) is 12.2 Å². The number of amides is 1. The van der Waals surface area contributed by atoms with E-state index in [4.69, 9.17) is 9.05 Å². The monoisotopic (exact) mass is 1030 g/mol. The Bertz CT molecular complexity index is 1250. The Balaban J connectivity index is 2.18. The zero-order valence-corrected chi connectivity index (χ0v) is 46.7. The summed E-state index contributed by atoms with van der Waals surface area (Å²) in [7, 11) is -5.08. The molecule has 13 heteroatoms. The molecule has 0 radical (unpaired) electrons. The summed E-state index contributed by atoms with van der Waals surface area (Å²) in [5, 5.41) is 64.2. The summed E-state index contributed by atoms with van der Waals surface area (Å²) in [6, 6.07) is -1.11. The predicted molar refractivity (Wildman–Crippen MR) is 292 cm³/mol. The van der Waals surface area contributed by atoms with Crippen molar-refractivity contribution in [2.75, 3.05) is 6.61 Å². The lowest BCUT2D eigenvalue weighted by molar-refractivity contribution is -0.220. The molecule has 0 saturated heterocycles. The Hall–Kier alpha value is -0.920. The van der Waals surface area contributed by atoms with Crippen molar-refractivity contribution >= 4 is 13.7 Å². The predicted octanol–water partition coefficient (Wildman–Crippen LogP) is 13.9. The fourth-order valence-electron chi connectivity index (χ4n) is 9.97. The van der Waals surface area contributed by atoms with E-state index < -0.39 is 63.2 Å². The molecule has 1 aliphatic carbocycles. The summed E-state index contributed by atoms with van der Waals surface area (Å²) in [6.45, 7) is 3.87. The van der Waals surface area contributed by atoms with E-state index in [2.05, 4.69) is 19.2 Å². The van der Waals surface area contributed by atoms with Gasteiger partial charge in [0.15, 0.2) is 0 Å². The number of carbonyl (C=O) groups excluding carboxylic acids is 1. The average Bonchev–Trinajstić information content (AvgIpc) is 3.35. The number of carbonyl (C=O) groups is 1. The van der Waals surface area contributed by atoms with Crippen molar-refractivity contribution < 1.29 is 53.9 Å². The van der Waals surface area contributed by atoms with Gasteiger partial charge in [0.1, 0.15) is 36.6 Å². The topological polar surface area (TPSA) is 206 Å². The summed E-state index contributed by atoms with van der Waals surface area (Å²) in [6.07, 6.45) is 46.1. The number of hydrogen-bond donors (Lipinski definition) is 8. The molecule has 0 aromatic rings. The van der Waals surface area contributed by atoms with E-state index in [9.17, 15) is 44.9 Å². The van der Waals surface area contributed by atoms with E-state index in [1.165, 1.54) is 231 Å². The van der Waals surface area contributed by atoms with Gasteiger partial charge in [-0.2, -0.15) is 0 Å². The van der Waals surface area contributed by atoms with Crippen LogP contribution < -0.4 is 5.32 Å². The molecule has 71 heavy (non-hydrogen) atoms. The second-order valence-corrected chi connectivity index (χ2v) is 23.0. The largest absolute Gasteiger partial charge is 0.472 e. The highest BCUT2D eigenvalue weighted by Crippen LogP contribution is 2.47. The fourth-order valence-corrected chi connectivity index (χ4v) is 10.9. The number of unbranched alkanes of at least 4 members (excludes halogenated alkanes) is 41. The third kappa shape index (κ3) is 38.3. The number of rotatable bonds is 52. The SMILES string of the molecule is CCCCCCCCCCCC/C=C/[C@@H](O)[C@H](COP(=O)(O)OC1C(O)C(O)C(O)[C@@H](O)C1O)NC(=O)CCCCCCCCCCCCCCCCCCCCCCCCCCCCCCCCCC. The van der Waals surface area contributed by atoms with E-state index in [0.717, 1.165) is 44.9 Å². The van der Waals surface area contributed by atoms with Crippen LogP contribution in [0.1, 0.15) is 296 Å². The van der Waals surface area contributed by atoms with Crippen molar-refractivity contribution in [1.29, 1.82) is 0 Å². The molecule has 6 unspecified atom stereocenters. The minimum Gasteiger partial charge on any atom is -0.387 e. The third-order valence-electron chi connectivity index (χ3n) is 14.8. The summed E-state index contributed by atoms with van der Waals surface area (Å²) >= 11 is 0. The van der Waals surface area contributed by atoms with Crippen LogP contribution in [-0.4, -0.2) is 96.8 Å².